The van der Waals surface area contributed by atoms with Gasteiger partial charge >= 0.3 is 0 Å². The number of rotatable bonds is 2. The first-order valence-corrected chi connectivity index (χ1v) is 9.68. The Morgan fingerprint density at radius 3 is 2.57 bits per heavy atom. The lowest BCUT2D eigenvalue weighted by atomic mass is 9.84. The number of hydrogen-bond donors (Lipinski definition) is 0. The molecular weight excluding hydrogens is 354 g/mol. The fraction of sp³-hybridized carbons (Fsp3) is 0.381. The Labute approximate surface area is 163 Å². The third-order valence-corrected chi connectivity index (χ3v) is 5.93. The highest BCUT2D eigenvalue weighted by Gasteiger charge is 2.44. The van der Waals surface area contributed by atoms with Gasteiger partial charge in [-0.3, -0.25) is 9.69 Å². The molecule has 2 aromatic heterocycles. The van der Waals surface area contributed by atoms with E-state index in [2.05, 4.69) is 38.8 Å². The summed E-state index contributed by atoms with van der Waals surface area (Å²) in [4.78, 5) is 16.9. The molecule has 3 aromatic rings. The van der Waals surface area contributed by atoms with Crippen LogP contribution in [0.25, 0.3) is 11.4 Å². The summed E-state index contributed by atoms with van der Waals surface area (Å²) in [5.41, 5.74) is 0.982. The van der Waals surface area contributed by atoms with Crippen molar-refractivity contribution in [3.05, 3.63) is 60.3 Å². The zero-order valence-corrected chi connectivity index (χ0v) is 15.9. The van der Waals surface area contributed by atoms with Gasteiger partial charge in [-0.15, -0.1) is 10.2 Å². The molecule has 7 nitrogen and oxygen atoms in total. The number of hydrogen-bond acceptors (Lipinski definition) is 5. The Morgan fingerprint density at radius 2 is 1.86 bits per heavy atom. The van der Waals surface area contributed by atoms with Gasteiger partial charge in [0.1, 0.15) is 5.82 Å². The molecule has 0 aliphatic carbocycles. The zero-order chi connectivity index (χ0) is 19.1. The number of nitrogens with zero attached hydrogens (tertiary/aromatic N) is 5. The molecule has 1 saturated heterocycles. The van der Waals surface area contributed by atoms with Crippen LogP contribution >= 0.6 is 0 Å². The molecule has 1 amide bonds. The second-order valence-electron chi connectivity index (χ2n) is 7.81. The number of carbonyl (C=O) groups is 1. The Balaban J connectivity index is 1.47. The molecule has 1 spiro atoms. The van der Waals surface area contributed by atoms with Gasteiger partial charge in [0, 0.05) is 25.2 Å². The average molecular weight is 377 g/mol. The number of benzene rings is 1. The number of likely N-dealkylation sites (N-methyl/N-ethyl adjacent to an activating group) is 1. The number of aromatic nitrogens is 3. The summed E-state index contributed by atoms with van der Waals surface area (Å²) in [6, 6.07) is 13.7. The standard InChI is InChI=1S/C21H23N5O2/c1-24-14-18-22-23-19(16-6-3-2-4-7-16)26(18)21(15-24)9-11-25(12-10-21)20(27)17-8-5-13-28-17/h2-8,13H,9-12,14-15H2,1H3. The van der Waals surface area contributed by atoms with Crippen LogP contribution in [-0.4, -0.2) is 57.2 Å². The first-order valence-electron chi connectivity index (χ1n) is 9.68. The van der Waals surface area contributed by atoms with Crippen LogP contribution in [0.1, 0.15) is 29.2 Å². The van der Waals surface area contributed by atoms with E-state index < -0.39 is 0 Å². The number of piperidine rings is 1. The molecule has 0 N–H and O–H groups in total. The molecule has 0 bridgehead atoms. The predicted molar refractivity (Wildman–Crippen MR) is 104 cm³/mol. The molecule has 144 valence electrons. The summed E-state index contributed by atoms with van der Waals surface area (Å²) in [5, 5.41) is 9.04. The Hall–Kier alpha value is -2.93. The summed E-state index contributed by atoms with van der Waals surface area (Å²) < 4.78 is 7.64. The second-order valence-corrected chi connectivity index (χ2v) is 7.81. The number of fused-ring (bicyclic) bond motifs is 2. The molecule has 1 aromatic carbocycles. The maximum atomic E-state index is 12.7. The van der Waals surface area contributed by atoms with Gasteiger partial charge in [-0.05, 0) is 32.0 Å². The SMILES string of the molecule is CN1Cc2nnc(-c3ccccc3)n2C2(CCN(C(=O)c3ccco3)CC2)C1. The van der Waals surface area contributed by atoms with Crippen LogP contribution < -0.4 is 0 Å². The summed E-state index contributed by atoms with van der Waals surface area (Å²) in [7, 11) is 2.13. The van der Waals surface area contributed by atoms with Crippen molar-refractivity contribution in [2.45, 2.75) is 24.9 Å². The number of carbonyl (C=O) groups excluding carboxylic acids is 1. The van der Waals surface area contributed by atoms with E-state index in [1.54, 1.807) is 18.4 Å². The van der Waals surface area contributed by atoms with Crippen molar-refractivity contribution in [2.24, 2.45) is 0 Å². The smallest absolute Gasteiger partial charge is 0.289 e. The van der Waals surface area contributed by atoms with Crippen LogP contribution in [0.15, 0.2) is 53.1 Å². The minimum atomic E-state index is -0.100. The molecule has 0 unspecified atom stereocenters. The maximum Gasteiger partial charge on any atom is 0.289 e. The van der Waals surface area contributed by atoms with E-state index in [9.17, 15) is 4.79 Å². The van der Waals surface area contributed by atoms with Gasteiger partial charge < -0.3 is 13.9 Å². The highest BCUT2D eigenvalue weighted by Crippen LogP contribution is 2.39. The van der Waals surface area contributed by atoms with Gasteiger partial charge in [0.15, 0.2) is 11.6 Å². The van der Waals surface area contributed by atoms with Crippen LogP contribution in [-0.2, 0) is 12.1 Å². The Bertz CT molecular complexity index is 972. The van der Waals surface area contributed by atoms with E-state index in [1.165, 1.54) is 0 Å². The topological polar surface area (TPSA) is 67.4 Å². The molecule has 7 heteroatoms. The molecule has 0 radical (unpaired) electrons. The van der Waals surface area contributed by atoms with Gasteiger partial charge in [0.25, 0.3) is 5.91 Å². The summed E-state index contributed by atoms with van der Waals surface area (Å²) in [6.45, 7) is 3.11. The molecule has 28 heavy (non-hydrogen) atoms. The van der Waals surface area contributed by atoms with E-state index in [0.29, 0.717) is 18.8 Å². The molecule has 2 aliphatic rings. The van der Waals surface area contributed by atoms with Crippen molar-refractivity contribution < 1.29 is 9.21 Å². The molecule has 1 fully saturated rings. The molecule has 2 aliphatic heterocycles. The van der Waals surface area contributed by atoms with Gasteiger partial charge in [0.05, 0.1) is 18.3 Å². The van der Waals surface area contributed by atoms with Crippen molar-refractivity contribution in [1.82, 2.24) is 24.6 Å². The van der Waals surface area contributed by atoms with E-state index in [4.69, 9.17) is 4.42 Å². The highest BCUT2D eigenvalue weighted by atomic mass is 16.3. The lowest BCUT2D eigenvalue weighted by Crippen LogP contribution is -2.56. The van der Waals surface area contributed by atoms with Gasteiger partial charge in [-0.2, -0.15) is 0 Å². The highest BCUT2D eigenvalue weighted by molar-refractivity contribution is 5.91. The van der Waals surface area contributed by atoms with Crippen LogP contribution in [0.2, 0.25) is 0 Å². The molecule has 4 heterocycles. The van der Waals surface area contributed by atoms with Crippen molar-refractivity contribution in [2.75, 3.05) is 26.7 Å². The van der Waals surface area contributed by atoms with Crippen molar-refractivity contribution in [3.63, 3.8) is 0 Å². The quantitative estimate of drug-likeness (QED) is 0.687. The van der Waals surface area contributed by atoms with Crippen LogP contribution in [0.4, 0.5) is 0 Å². The zero-order valence-electron chi connectivity index (χ0n) is 15.9. The van der Waals surface area contributed by atoms with Gasteiger partial charge in [-0.25, -0.2) is 0 Å². The van der Waals surface area contributed by atoms with Crippen LogP contribution in [0.3, 0.4) is 0 Å². The van der Waals surface area contributed by atoms with E-state index in [-0.39, 0.29) is 11.4 Å². The van der Waals surface area contributed by atoms with Crippen molar-refractivity contribution in [3.8, 4) is 11.4 Å². The monoisotopic (exact) mass is 377 g/mol. The number of likely N-dealkylation sites (tertiary alicyclic amines) is 1. The second kappa shape index (κ2) is 6.60. The molecule has 5 rings (SSSR count). The summed E-state index contributed by atoms with van der Waals surface area (Å²) >= 11 is 0. The minimum absolute atomic E-state index is 0.0312. The van der Waals surface area contributed by atoms with E-state index in [1.807, 2.05) is 23.1 Å². The third-order valence-electron chi connectivity index (χ3n) is 5.93. The van der Waals surface area contributed by atoms with E-state index >= 15 is 0 Å². The number of amides is 1. The fourth-order valence-electron chi connectivity index (χ4n) is 4.63. The molecular formula is C21H23N5O2. The summed E-state index contributed by atoms with van der Waals surface area (Å²) in [6.07, 6.45) is 3.29. The normalized spacial score (nSPS) is 19.0. The summed E-state index contributed by atoms with van der Waals surface area (Å²) in [5.74, 6) is 2.30. The first-order chi connectivity index (χ1) is 13.7. The predicted octanol–water partition coefficient (Wildman–Crippen LogP) is 2.62. The van der Waals surface area contributed by atoms with Crippen LogP contribution in [0.5, 0.6) is 0 Å². The van der Waals surface area contributed by atoms with Crippen molar-refractivity contribution in [1.29, 1.82) is 0 Å². The Kier molecular flexibility index (Phi) is 4.05. The fourth-order valence-corrected chi connectivity index (χ4v) is 4.63. The Morgan fingerprint density at radius 1 is 1.07 bits per heavy atom. The average Bonchev–Trinajstić information content (AvgIpc) is 3.39. The lowest BCUT2D eigenvalue weighted by Gasteiger charge is -2.48. The number of furan rings is 1. The lowest BCUT2D eigenvalue weighted by molar-refractivity contribution is 0.0389. The molecule has 0 saturated carbocycles. The largest absolute Gasteiger partial charge is 0.459 e. The van der Waals surface area contributed by atoms with Gasteiger partial charge in [0.2, 0.25) is 0 Å². The molecule has 0 atom stereocenters. The van der Waals surface area contributed by atoms with E-state index in [0.717, 1.165) is 43.1 Å². The van der Waals surface area contributed by atoms with Crippen molar-refractivity contribution >= 4 is 5.91 Å². The third kappa shape index (κ3) is 2.74. The van der Waals surface area contributed by atoms with Gasteiger partial charge in [-0.1, -0.05) is 30.3 Å². The maximum absolute atomic E-state index is 12.7. The minimum Gasteiger partial charge on any atom is -0.459 e. The first kappa shape index (κ1) is 17.2. The van der Waals surface area contributed by atoms with Crippen LogP contribution in [0, 0.1) is 0 Å².